The van der Waals surface area contributed by atoms with Gasteiger partial charge in [0.05, 0.1) is 22.4 Å². The van der Waals surface area contributed by atoms with E-state index < -0.39 is 0 Å². The lowest BCUT2D eigenvalue weighted by atomic mass is 10.0. The monoisotopic (exact) mass is 467 g/mol. The van der Waals surface area contributed by atoms with Gasteiger partial charge >= 0.3 is 0 Å². The van der Waals surface area contributed by atoms with E-state index >= 15 is 0 Å². The van der Waals surface area contributed by atoms with Gasteiger partial charge in [0, 0.05) is 36.2 Å². The summed E-state index contributed by atoms with van der Waals surface area (Å²) in [5, 5.41) is 7.40. The Balaban J connectivity index is 1.75. The molecule has 1 fully saturated rings. The molecule has 1 amide bonds. The summed E-state index contributed by atoms with van der Waals surface area (Å²) in [7, 11) is 0. The summed E-state index contributed by atoms with van der Waals surface area (Å²) in [5.41, 5.74) is 3.48. The fraction of sp³-hybridized carbons (Fsp3) is 0.292. The van der Waals surface area contributed by atoms with Gasteiger partial charge in [-0.2, -0.15) is 0 Å². The van der Waals surface area contributed by atoms with E-state index in [-0.39, 0.29) is 23.9 Å². The maximum Gasteiger partial charge on any atom is 0.226 e. The van der Waals surface area contributed by atoms with Crippen LogP contribution in [0.3, 0.4) is 0 Å². The molecule has 0 aliphatic carbocycles. The van der Waals surface area contributed by atoms with Crippen LogP contribution in [0.15, 0.2) is 60.9 Å². The minimum Gasteiger partial charge on any atom is -0.351 e. The molecule has 0 unspecified atom stereocenters. The Kier molecular flexibility index (Phi) is 6.48. The Bertz CT molecular complexity index is 1130. The molecule has 6 nitrogen and oxygen atoms in total. The van der Waals surface area contributed by atoms with Crippen LogP contribution < -0.4 is 15.5 Å². The summed E-state index contributed by atoms with van der Waals surface area (Å²) in [5.74, 6) is -0.210. The van der Waals surface area contributed by atoms with E-state index in [1.165, 1.54) is 0 Å². The maximum absolute atomic E-state index is 12.1. The average molecular weight is 468 g/mol. The summed E-state index contributed by atoms with van der Waals surface area (Å²) in [6, 6.07) is 15.4. The topological polar surface area (TPSA) is 62.2 Å². The molecular weight excluding hydrogens is 442 g/mol. The lowest BCUT2D eigenvalue weighted by Crippen LogP contribution is -2.30. The van der Waals surface area contributed by atoms with Crippen molar-refractivity contribution in [1.29, 1.82) is 0 Å². The van der Waals surface area contributed by atoms with E-state index in [9.17, 15) is 4.79 Å². The highest BCUT2D eigenvalue weighted by Crippen LogP contribution is 2.42. The van der Waals surface area contributed by atoms with Gasteiger partial charge in [0.1, 0.15) is 6.04 Å². The average Bonchev–Trinajstić information content (AvgIpc) is 3.39. The van der Waals surface area contributed by atoms with Crippen molar-refractivity contribution in [1.82, 2.24) is 14.9 Å². The van der Waals surface area contributed by atoms with Gasteiger partial charge in [-0.3, -0.25) is 9.78 Å². The van der Waals surface area contributed by atoms with Crippen LogP contribution >= 0.6 is 23.8 Å². The summed E-state index contributed by atoms with van der Waals surface area (Å²) in [4.78, 5) is 18.8. The van der Waals surface area contributed by atoms with Crippen LogP contribution in [0.4, 0.5) is 11.4 Å². The molecule has 4 rings (SSSR count). The Morgan fingerprint density at radius 1 is 1.25 bits per heavy atom. The molecule has 0 bridgehead atoms. The highest BCUT2D eigenvalue weighted by molar-refractivity contribution is 7.80. The molecule has 3 heterocycles. The number of pyridine rings is 1. The predicted octanol–water partition coefficient (Wildman–Crippen LogP) is 5.33. The molecule has 2 N–H and O–H groups in total. The Morgan fingerprint density at radius 2 is 2.06 bits per heavy atom. The molecule has 1 aromatic carbocycles. The van der Waals surface area contributed by atoms with Gasteiger partial charge in [-0.05, 0) is 61.6 Å². The van der Waals surface area contributed by atoms with Crippen LogP contribution in [0.1, 0.15) is 44.2 Å². The quantitative estimate of drug-likeness (QED) is 0.480. The molecule has 1 aliphatic rings. The molecule has 0 radical (unpaired) electrons. The number of aromatic nitrogens is 2. The van der Waals surface area contributed by atoms with Gasteiger partial charge in [-0.25, -0.2) is 0 Å². The fourth-order valence-corrected chi connectivity index (χ4v) is 4.52. The number of anilines is 2. The number of nitrogens with zero attached hydrogens (tertiary/aromatic N) is 3. The second-order valence-corrected chi connectivity index (χ2v) is 8.82. The smallest absolute Gasteiger partial charge is 0.226 e. The van der Waals surface area contributed by atoms with Gasteiger partial charge in [-0.15, -0.1) is 0 Å². The number of aryl methyl sites for hydroxylation is 1. The van der Waals surface area contributed by atoms with Crippen LogP contribution in [-0.4, -0.2) is 20.6 Å². The third-order valence-corrected chi connectivity index (χ3v) is 6.25. The number of rotatable bonds is 6. The second-order valence-electron chi connectivity index (χ2n) is 8.02. The third kappa shape index (κ3) is 4.23. The number of hydrogen-bond acceptors (Lipinski definition) is 3. The van der Waals surface area contributed by atoms with Crippen LogP contribution in [0, 0.1) is 5.92 Å². The number of halogens is 1. The SMILES string of the molecule is CCn1cccc1[C@H]1[C@@H](c2ccccn2)NC(=S)N1c1ccc(NC(=O)C(C)C)c(Cl)c1. The molecule has 32 heavy (non-hydrogen) atoms. The molecule has 1 saturated heterocycles. The van der Waals surface area contributed by atoms with Crippen LogP contribution in [0.5, 0.6) is 0 Å². The van der Waals surface area contributed by atoms with Crippen LogP contribution in [0.2, 0.25) is 5.02 Å². The van der Waals surface area contributed by atoms with E-state index in [0.717, 1.165) is 23.6 Å². The number of carbonyl (C=O) groups is 1. The van der Waals surface area contributed by atoms with Crippen molar-refractivity contribution >= 4 is 46.2 Å². The van der Waals surface area contributed by atoms with E-state index in [0.29, 0.717) is 15.8 Å². The predicted molar refractivity (Wildman–Crippen MR) is 133 cm³/mol. The van der Waals surface area contributed by atoms with Gasteiger partial charge < -0.3 is 20.1 Å². The van der Waals surface area contributed by atoms with Crippen LogP contribution in [0.25, 0.3) is 0 Å². The minimum atomic E-state index is -0.133. The zero-order chi connectivity index (χ0) is 22.8. The number of amides is 1. The summed E-state index contributed by atoms with van der Waals surface area (Å²) in [6.07, 6.45) is 3.86. The van der Waals surface area contributed by atoms with Gasteiger partial charge in [-0.1, -0.05) is 31.5 Å². The molecule has 1 aliphatic heterocycles. The first kappa shape index (κ1) is 22.3. The Morgan fingerprint density at radius 3 is 2.72 bits per heavy atom. The van der Waals surface area contributed by atoms with Crippen molar-refractivity contribution in [3.63, 3.8) is 0 Å². The van der Waals surface area contributed by atoms with Crippen LogP contribution in [-0.2, 0) is 11.3 Å². The van der Waals surface area contributed by atoms with Gasteiger partial charge in [0.2, 0.25) is 5.91 Å². The van der Waals surface area contributed by atoms with E-state index in [1.54, 1.807) is 6.20 Å². The zero-order valence-electron chi connectivity index (χ0n) is 18.2. The largest absolute Gasteiger partial charge is 0.351 e. The molecule has 8 heteroatoms. The van der Waals surface area contributed by atoms with Crippen molar-refractivity contribution in [3.8, 4) is 0 Å². The second kappa shape index (κ2) is 9.30. The fourth-order valence-electron chi connectivity index (χ4n) is 3.95. The zero-order valence-corrected chi connectivity index (χ0v) is 19.8. The minimum absolute atomic E-state index is 0.0770. The number of thiocarbonyl (C=S) groups is 1. The highest BCUT2D eigenvalue weighted by atomic mass is 35.5. The normalized spacial score (nSPS) is 18.2. The van der Waals surface area contributed by atoms with Crippen molar-refractivity contribution in [2.75, 3.05) is 10.2 Å². The first-order valence-electron chi connectivity index (χ1n) is 10.7. The molecule has 2 atom stereocenters. The number of hydrogen-bond donors (Lipinski definition) is 2. The Hall–Kier alpha value is -2.90. The summed E-state index contributed by atoms with van der Waals surface area (Å²) in [6.45, 7) is 6.65. The van der Waals surface area contributed by atoms with Gasteiger partial charge in [0.25, 0.3) is 0 Å². The Labute approximate surface area is 198 Å². The van der Waals surface area contributed by atoms with Crippen molar-refractivity contribution in [2.45, 2.75) is 39.4 Å². The molecular formula is C24H26ClN5OS. The third-order valence-electron chi connectivity index (χ3n) is 5.62. The van der Waals surface area contributed by atoms with E-state index in [4.69, 9.17) is 23.8 Å². The first-order chi connectivity index (χ1) is 15.4. The highest BCUT2D eigenvalue weighted by Gasteiger charge is 2.42. The first-order valence-corrected chi connectivity index (χ1v) is 11.5. The molecule has 0 saturated carbocycles. The molecule has 0 spiro atoms. The lowest BCUT2D eigenvalue weighted by Gasteiger charge is -2.29. The lowest BCUT2D eigenvalue weighted by molar-refractivity contribution is -0.118. The maximum atomic E-state index is 12.1. The standard InChI is InChI=1S/C24H26ClN5OS/c1-4-29-13-7-9-20(29)22-21(19-8-5-6-12-26-19)28-24(32)30(22)16-10-11-18(17(25)14-16)27-23(31)15(2)3/h5-15,21-22H,4H2,1-3H3,(H,27,31)(H,28,32)/t21-,22+/m1/s1. The van der Waals surface area contributed by atoms with Crippen molar-refractivity contribution in [2.24, 2.45) is 5.92 Å². The van der Waals surface area contributed by atoms with E-state index in [1.807, 2.05) is 56.3 Å². The molecule has 3 aromatic rings. The summed E-state index contributed by atoms with van der Waals surface area (Å²) < 4.78 is 2.21. The van der Waals surface area contributed by atoms with Crippen molar-refractivity contribution in [3.05, 3.63) is 77.3 Å². The number of nitrogens with one attached hydrogen (secondary N) is 2. The molecule has 166 valence electrons. The van der Waals surface area contributed by atoms with Gasteiger partial charge in [0.15, 0.2) is 5.11 Å². The van der Waals surface area contributed by atoms with Crippen molar-refractivity contribution < 1.29 is 4.79 Å². The van der Waals surface area contributed by atoms with E-state index in [2.05, 4.69) is 44.3 Å². The summed E-state index contributed by atoms with van der Waals surface area (Å²) >= 11 is 12.3. The molecule has 2 aromatic heterocycles. The number of benzene rings is 1. The number of carbonyl (C=O) groups excluding carboxylic acids is 1.